The Morgan fingerprint density at radius 1 is 0.494 bits per heavy atom. The van der Waals surface area contributed by atoms with Gasteiger partial charge in [0.15, 0.2) is 8.07 Å². The van der Waals surface area contributed by atoms with Crippen molar-refractivity contribution in [1.82, 2.24) is 4.98 Å². The van der Waals surface area contributed by atoms with Gasteiger partial charge >= 0.3 is 0 Å². The van der Waals surface area contributed by atoms with Crippen molar-refractivity contribution in [2.75, 3.05) is 21.4 Å². The Labute approximate surface area is 488 Å². The third-order valence-electron chi connectivity index (χ3n) is 16.9. The minimum Gasteiger partial charge on any atom is -0.457 e. The number of anilines is 7. The van der Waals surface area contributed by atoms with Crippen molar-refractivity contribution < 1.29 is 11.6 Å². The fraction of sp³-hybridized carbons (Fsp3) is 0.213. The molecule has 0 spiro atoms. The lowest BCUT2D eigenvalue weighted by Gasteiger charge is -2.43. The summed E-state index contributed by atoms with van der Waals surface area (Å²) in [5.74, 6) is 2.38. The van der Waals surface area contributed by atoms with E-state index in [9.17, 15) is 2.74 Å². The van der Waals surface area contributed by atoms with Crippen molar-refractivity contribution in [3.63, 3.8) is 0 Å². The van der Waals surface area contributed by atoms with Crippen LogP contribution in [0.3, 0.4) is 0 Å². The van der Waals surface area contributed by atoms with Crippen LogP contribution in [0.4, 0.5) is 39.9 Å². The van der Waals surface area contributed by atoms with E-state index in [4.69, 9.17) is 13.8 Å². The first kappa shape index (κ1) is 46.3. The third-order valence-corrected chi connectivity index (χ3v) is 21.8. The molecule has 81 heavy (non-hydrogen) atoms. The topological polar surface area (TPSA) is 31.8 Å². The highest BCUT2D eigenvalue weighted by molar-refractivity contribution is 7.23. The molecule has 10 aromatic rings. The van der Waals surface area contributed by atoms with Crippen LogP contribution in [-0.4, -0.2) is 19.7 Å². The maximum atomic E-state index is 9.40. The van der Waals surface area contributed by atoms with E-state index in [0.29, 0.717) is 23.7 Å². The first-order valence-corrected chi connectivity index (χ1v) is 30.5. The van der Waals surface area contributed by atoms with E-state index in [1.807, 2.05) is 24.4 Å². The SMILES string of the molecule is [2H]c1c([2H])c([2H])c(-c2cccc(-c3cc(C(C)(C)C)cc(C(C)(C)C)c3)c2N2CN(c3cc(Oc4ccc5c(c4)N(c4cc(C(C)(C)C)ccn4)c4cccc6c4[Si]5(c4ccccc4)c4ccccc4-6)cc(C(C)C)c3)c3ccccc32)c([2H])c1[2H]. The second-order valence-electron chi connectivity index (χ2n) is 25.5. The summed E-state index contributed by atoms with van der Waals surface area (Å²) in [5.41, 5.74) is 15.0. The van der Waals surface area contributed by atoms with E-state index in [-0.39, 0.29) is 51.9 Å². The average Bonchev–Trinajstić information content (AvgIpc) is 1.44. The number of para-hydroxylation sites is 3. The van der Waals surface area contributed by atoms with Gasteiger partial charge < -0.3 is 14.5 Å². The lowest BCUT2D eigenvalue weighted by atomic mass is 9.78. The molecular weight excluding hydrogens is 1000 g/mol. The van der Waals surface area contributed by atoms with Crippen molar-refractivity contribution in [3.05, 3.63) is 241 Å². The van der Waals surface area contributed by atoms with Gasteiger partial charge in [-0.2, -0.15) is 0 Å². The summed E-state index contributed by atoms with van der Waals surface area (Å²) in [4.78, 5) is 12.1. The van der Waals surface area contributed by atoms with E-state index in [2.05, 4.69) is 255 Å². The summed E-state index contributed by atoms with van der Waals surface area (Å²) in [6.07, 6.45) is 1.95. The normalized spacial score (nSPS) is 16.2. The number of ether oxygens (including phenoxy) is 1. The summed E-state index contributed by atoms with van der Waals surface area (Å²) in [6, 6.07) is 64.1. The van der Waals surface area contributed by atoms with Crippen LogP contribution in [0.25, 0.3) is 33.4 Å². The van der Waals surface area contributed by atoms with E-state index in [1.54, 1.807) is 0 Å². The number of rotatable bonds is 9. The Morgan fingerprint density at radius 2 is 1.11 bits per heavy atom. The third kappa shape index (κ3) is 8.78. The van der Waals surface area contributed by atoms with Gasteiger partial charge in [0.25, 0.3) is 0 Å². The van der Waals surface area contributed by atoms with Gasteiger partial charge in [0, 0.05) is 40.8 Å². The number of fused-ring (bicyclic) bond motifs is 6. The zero-order chi connectivity index (χ0) is 60.5. The Morgan fingerprint density at radius 3 is 1.81 bits per heavy atom. The molecule has 0 bridgehead atoms. The molecule has 0 saturated heterocycles. The van der Waals surface area contributed by atoms with Crippen LogP contribution in [0, 0.1) is 0 Å². The molecule has 0 N–H and O–H groups in total. The van der Waals surface area contributed by atoms with Crippen LogP contribution in [-0.2, 0) is 16.2 Å². The molecule has 9 aromatic carbocycles. The van der Waals surface area contributed by atoms with E-state index >= 15 is 0 Å². The molecule has 0 amide bonds. The average molecular weight is 1080 g/mol. The van der Waals surface area contributed by atoms with Gasteiger partial charge in [0.2, 0.25) is 0 Å². The van der Waals surface area contributed by atoms with Crippen molar-refractivity contribution >= 4 is 68.8 Å². The molecule has 6 heteroatoms. The molecular formula is C75H72N4OSi. The summed E-state index contributed by atoms with van der Waals surface area (Å²) in [5, 5.41) is 5.36. The maximum Gasteiger partial charge on any atom is 0.185 e. The van der Waals surface area contributed by atoms with E-state index in [0.717, 1.165) is 56.6 Å². The van der Waals surface area contributed by atoms with Crippen LogP contribution in [0.1, 0.15) is 111 Å². The predicted octanol–water partition coefficient (Wildman–Crippen LogP) is 17.6. The predicted molar refractivity (Wildman–Crippen MR) is 345 cm³/mol. The van der Waals surface area contributed by atoms with Crippen LogP contribution < -0.4 is 40.2 Å². The van der Waals surface area contributed by atoms with Crippen LogP contribution >= 0.6 is 0 Å². The zero-order valence-electron chi connectivity index (χ0n) is 53.4. The lowest BCUT2D eigenvalue weighted by molar-refractivity contribution is 0.482. The molecule has 3 aliphatic rings. The molecule has 0 saturated carbocycles. The minimum absolute atomic E-state index is 0.116. The molecule has 13 rings (SSSR count). The Balaban J connectivity index is 0.979. The molecule has 402 valence electrons. The molecule has 4 heterocycles. The van der Waals surface area contributed by atoms with Crippen molar-refractivity contribution in [3.8, 4) is 44.9 Å². The van der Waals surface area contributed by atoms with Gasteiger partial charge in [-0.25, -0.2) is 4.98 Å². The zero-order valence-corrected chi connectivity index (χ0v) is 49.4. The molecule has 5 nitrogen and oxygen atoms in total. The number of pyridine rings is 1. The highest BCUT2D eigenvalue weighted by Crippen LogP contribution is 2.52. The molecule has 1 atom stereocenters. The van der Waals surface area contributed by atoms with Gasteiger partial charge in [-0.3, -0.25) is 4.90 Å². The smallest absolute Gasteiger partial charge is 0.185 e. The van der Waals surface area contributed by atoms with Crippen LogP contribution in [0.5, 0.6) is 11.5 Å². The van der Waals surface area contributed by atoms with Gasteiger partial charge in [0.05, 0.1) is 29.6 Å². The number of aromatic nitrogens is 1. The van der Waals surface area contributed by atoms with Crippen LogP contribution in [0.2, 0.25) is 0 Å². The quantitative estimate of drug-likeness (QED) is 0.135. The molecule has 3 aliphatic heterocycles. The highest BCUT2D eigenvalue weighted by atomic mass is 28.3. The van der Waals surface area contributed by atoms with Crippen LogP contribution in [0.15, 0.2) is 218 Å². The second kappa shape index (κ2) is 19.4. The van der Waals surface area contributed by atoms with E-state index < -0.39 is 14.1 Å². The first-order valence-electron chi connectivity index (χ1n) is 31.0. The summed E-state index contributed by atoms with van der Waals surface area (Å²) >= 11 is 0. The Bertz CT molecular complexity index is 4330. The summed E-state index contributed by atoms with van der Waals surface area (Å²) in [6.45, 7) is 24.9. The fourth-order valence-corrected chi connectivity index (χ4v) is 18.1. The first-order chi connectivity index (χ1) is 40.9. The summed E-state index contributed by atoms with van der Waals surface area (Å²) in [7, 11) is -2.93. The number of hydrogen-bond acceptors (Lipinski definition) is 5. The highest BCUT2D eigenvalue weighted by Gasteiger charge is 2.55. The maximum absolute atomic E-state index is 9.40. The summed E-state index contributed by atoms with van der Waals surface area (Å²) < 4.78 is 52.5. The molecule has 1 aromatic heterocycles. The van der Waals surface area contributed by atoms with Gasteiger partial charge in [-0.05, 0) is 136 Å². The van der Waals surface area contributed by atoms with E-state index in [1.165, 1.54) is 48.6 Å². The van der Waals surface area contributed by atoms with Crippen molar-refractivity contribution in [2.45, 2.75) is 98.3 Å². The number of benzene rings is 9. The van der Waals surface area contributed by atoms with Gasteiger partial charge in [-0.15, -0.1) is 0 Å². The Kier molecular flexibility index (Phi) is 11.1. The molecule has 0 radical (unpaired) electrons. The lowest BCUT2D eigenvalue weighted by Crippen LogP contribution is -2.75. The fourth-order valence-electron chi connectivity index (χ4n) is 12.6. The minimum atomic E-state index is -2.93. The van der Waals surface area contributed by atoms with Gasteiger partial charge in [-0.1, -0.05) is 228 Å². The van der Waals surface area contributed by atoms with Gasteiger partial charge in [0.1, 0.15) is 24.0 Å². The molecule has 0 aliphatic carbocycles. The van der Waals surface area contributed by atoms with Crippen molar-refractivity contribution in [1.29, 1.82) is 0 Å². The molecule has 1 unspecified atom stereocenters. The monoisotopic (exact) mass is 1080 g/mol. The largest absolute Gasteiger partial charge is 0.457 e. The van der Waals surface area contributed by atoms with Crippen molar-refractivity contribution in [2.24, 2.45) is 0 Å². The standard InChI is InChI=1S/C75H72N4OSi/c1-49(2)51-42-56(77-48-78(65-33-20-19-32-64(65)77)71-60(50-24-14-12-15-25-50)29-22-30-61(71)52-40-54(74(6,7)8)44-55(41-52)75(9,10)11)46-58(43-51)80-57-36-37-69-67(47-57)79(70-45-53(38-39-76-70)73(3,4)5)66-34-23-31-63-62-28-18-21-35-68(62)81(69,72(63)66)59-26-16-13-17-27-59/h12-47,49H,48H2,1-11H3/i12D,14D,15D,24D,25D. The second-order valence-corrected chi connectivity index (χ2v) is 29.2. The molecule has 0 fully saturated rings. The Hall–Kier alpha value is -8.45. The number of hydrogen-bond donors (Lipinski definition) is 0. The number of nitrogens with zero attached hydrogens (tertiary/aromatic N) is 4.